The minimum atomic E-state index is 0.523. The van der Waals surface area contributed by atoms with Gasteiger partial charge in [-0.3, -0.25) is 0 Å². The van der Waals surface area contributed by atoms with E-state index in [9.17, 15) is 0 Å². The average Bonchev–Trinajstić information content (AvgIpc) is 2.54. The first-order valence-corrected chi connectivity index (χ1v) is 6.74. The summed E-state index contributed by atoms with van der Waals surface area (Å²) in [7, 11) is 0. The van der Waals surface area contributed by atoms with Crippen LogP contribution in [0.5, 0.6) is 5.75 Å². The summed E-state index contributed by atoms with van der Waals surface area (Å²) >= 11 is 0. The fourth-order valence-electron chi connectivity index (χ4n) is 2.30. The van der Waals surface area contributed by atoms with Crippen molar-refractivity contribution in [2.24, 2.45) is 5.16 Å². The van der Waals surface area contributed by atoms with Crippen LogP contribution in [0.4, 0.5) is 0 Å². The molecule has 0 unspecified atom stereocenters. The van der Waals surface area contributed by atoms with Gasteiger partial charge in [0.1, 0.15) is 12.4 Å². The monoisotopic (exact) mass is 277 g/mol. The summed E-state index contributed by atoms with van der Waals surface area (Å²) in [5.41, 5.74) is 1.99. The normalized spacial score (nSPS) is 11.0. The molecule has 0 atom stereocenters. The van der Waals surface area contributed by atoms with Crippen LogP contribution in [-0.4, -0.2) is 11.4 Å². The predicted octanol–water partition coefficient (Wildman–Crippen LogP) is 4.23. The summed E-state index contributed by atoms with van der Waals surface area (Å²) < 4.78 is 5.83. The number of rotatable bonds is 4. The van der Waals surface area contributed by atoms with Crippen LogP contribution >= 0.6 is 0 Å². The molecule has 3 nitrogen and oxygen atoms in total. The first-order valence-electron chi connectivity index (χ1n) is 6.74. The van der Waals surface area contributed by atoms with Gasteiger partial charge in [0.05, 0.1) is 6.21 Å². The van der Waals surface area contributed by atoms with Gasteiger partial charge in [-0.15, -0.1) is 0 Å². The SMILES string of the molecule is O/N=C/c1ccc(OCc2cccc3ccccc23)cc1. The minimum Gasteiger partial charge on any atom is -0.489 e. The molecule has 0 aliphatic carbocycles. The Labute approximate surface area is 123 Å². The van der Waals surface area contributed by atoms with E-state index in [2.05, 4.69) is 29.4 Å². The van der Waals surface area contributed by atoms with Gasteiger partial charge in [0.15, 0.2) is 0 Å². The molecule has 0 radical (unpaired) electrons. The number of oxime groups is 1. The van der Waals surface area contributed by atoms with E-state index in [4.69, 9.17) is 9.94 Å². The number of hydrogen-bond acceptors (Lipinski definition) is 3. The maximum Gasteiger partial charge on any atom is 0.119 e. The van der Waals surface area contributed by atoms with E-state index in [1.165, 1.54) is 17.0 Å². The van der Waals surface area contributed by atoms with E-state index >= 15 is 0 Å². The van der Waals surface area contributed by atoms with Crippen LogP contribution in [0.3, 0.4) is 0 Å². The Bertz CT molecular complexity index is 758. The van der Waals surface area contributed by atoms with Gasteiger partial charge in [-0.05, 0) is 46.2 Å². The third-order valence-corrected chi connectivity index (χ3v) is 3.36. The number of ether oxygens (including phenoxy) is 1. The second kappa shape index (κ2) is 6.09. The molecule has 0 saturated carbocycles. The quantitative estimate of drug-likeness (QED) is 0.440. The standard InChI is InChI=1S/C18H15NO2/c20-19-12-14-8-10-17(11-9-14)21-13-16-6-3-5-15-4-1-2-7-18(15)16/h1-12,20H,13H2/b19-12+. The lowest BCUT2D eigenvalue weighted by molar-refractivity contribution is 0.307. The lowest BCUT2D eigenvalue weighted by atomic mass is 10.1. The Balaban J connectivity index is 1.77. The summed E-state index contributed by atoms with van der Waals surface area (Å²) in [6.07, 6.45) is 1.38. The highest BCUT2D eigenvalue weighted by molar-refractivity contribution is 5.85. The first-order chi connectivity index (χ1) is 10.4. The van der Waals surface area contributed by atoms with Crippen LogP contribution in [0.25, 0.3) is 10.8 Å². The Kier molecular flexibility index (Phi) is 3.83. The second-order valence-corrected chi connectivity index (χ2v) is 4.74. The summed E-state index contributed by atoms with van der Waals surface area (Å²) in [5, 5.41) is 13.9. The van der Waals surface area contributed by atoms with Gasteiger partial charge in [0.2, 0.25) is 0 Å². The molecule has 0 fully saturated rings. The van der Waals surface area contributed by atoms with Gasteiger partial charge < -0.3 is 9.94 Å². The molecule has 0 saturated heterocycles. The molecule has 3 aromatic carbocycles. The molecule has 0 aromatic heterocycles. The third kappa shape index (κ3) is 3.03. The number of fused-ring (bicyclic) bond motifs is 1. The van der Waals surface area contributed by atoms with E-state index in [0.29, 0.717) is 6.61 Å². The van der Waals surface area contributed by atoms with E-state index in [-0.39, 0.29) is 0 Å². The zero-order valence-electron chi connectivity index (χ0n) is 11.4. The molecule has 104 valence electrons. The smallest absolute Gasteiger partial charge is 0.119 e. The lowest BCUT2D eigenvalue weighted by Gasteiger charge is -2.09. The molecular weight excluding hydrogens is 262 g/mol. The topological polar surface area (TPSA) is 41.8 Å². The van der Waals surface area contributed by atoms with Crippen molar-refractivity contribution in [2.75, 3.05) is 0 Å². The summed E-state index contributed by atoms with van der Waals surface area (Å²) in [6.45, 7) is 0.523. The molecule has 0 amide bonds. The van der Waals surface area contributed by atoms with Gasteiger partial charge in [-0.2, -0.15) is 0 Å². The molecule has 0 aliphatic heterocycles. The fraction of sp³-hybridized carbons (Fsp3) is 0.0556. The summed E-state index contributed by atoms with van der Waals surface area (Å²) in [4.78, 5) is 0. The Morgan fingerprint density at radius 1 is 0.905 bits per heavy atom. The Morgan fingerprint density at radius 2 is 1.67 bits per heavy atom. The first kappa shape index (κ1) is 13.2. The van der Waals surface area contributed by atoms with Gasteiger partial charge >= 0.3 is 0 Å². The number of nitrogens with zero attached hydrogens (tertiary/aromatic N) is 1. The molecule has 1 N–H and O–H groups in total. The van der Waals surface area contributed by atoms with Crippen molar-refractivity contribution < 1.29 is 9.94 Å². The lowest BCUT2D eigenvalue weighted by Crippen LogP contribution is -1.96. The highest BCUT2D eigenvalue weighted by atomic mass is 16.5. The molecular formula is C18H15NO2. The van der Waals surface area contributed by atoms with Crippen molar-refractivity contribution in [2.45, 2.75) is 6.61 Å². The zero-order chi connectivity index (χ0) is 14.5. The van der Waals surface area contributed by atoms with Crippen molar-refractivity contribution in [3.05, 3.63) is 77.9 Å². The molecule has 0 spiro atoms. The van der Waals surface area contributed by atoms with Crippen molar-refractivity contribution in [1.82, 2.24) is 0 Å². The second-order valence-electron chi connectivity index (χ2n) is 4.74. The van der Waals surface area contributed by atoms with E-state index in [1.54, 1.807) is 0 Å². The van der Waals surface area contributed by atoms with Crippen LogP contribution in [0, 0.1) is 0 Å². The minimum absolute atomic E-state index is 0.523. The molecule has 3 heteroatoms. The zero-order valence-corrected chi connectivity index (χ0v) is 11.4. The molecule has 3 rings (SSSR count). The third-order valence-electron chi connectivity index (χ3n) is 3.36. The highest BCUT2D eigenvalue weighted by Gasteiger charge is 2.01. The number of hydrogen-bond donors (Lipinski definition) is 1. The van der Waals surface area contributed by atoms with Crippen molar-refractivity contribution in [3.8, 4) is 5.75 Å². The van der Waals surface area contributed by atoms with Gasteiger partial charge in [-0.1, -0.05) is 47.6 Å². The maximum absolute atomic E-state index is 8.48. The Hall–Kier alpha value is -2.81. The van der Waals surface area contributed by atoms with Crippen molar-refractivity contribution >= 4 is 17.0 Å². The van der Waals surface area contributed by atoms with Crippen molar-refractivity contribution in [3.63, 3.8) is 0 Å². The van der Waals surface area contributed by atoms with Crippen molar-refractivity contribution in [1.29, 1.82) is 0 Å². The molecule has 0 heterocycles. The number of benzene rings is 3. The van der Waals surface area contributed by atoms with Crippen LogP contribution in [0.15, 0.2) is 71.9 Å². The summed E-state index contributed by atoms with van der Waals surface area (Å²) in [6, 6.07) is 21.9. The van der Waals surface area contributed by atoms with Crippen LogP contribution in [-0.2, 0) is 6.61 Å². The average molecular weight is 277 g/mol. The fourth-order valence-corrected chi connectivity index (χ4v) is 2.30. The highest BCUT2D eigenvalue weighted by Crippen LogP contribution is 2.20. The maximum atomic E-state index is 8.48. The van der Waals surface area contributed by atoms with E-state index in [0.717, 1.165) is 16.9 Å². The van der Waals surface area contributed by atoms with Crippen LogP contribution in [0.2, 0.25) is 0 Å². The predicted molar refractivity (Wildman–Crippen MR) is 84.1 cm³/mol. The largest absolute Gasteiger partial charge is 0.489 e. The van der Waals surface area contributed by atoms with Gasteiger partial charge in [0.25, 0.3) is 0 Å². The van der Waals surface area contributed by atoms with E-state index in [1.807, 2.05) is 42.5 Å². The van der Waals surface area contributed by atoms with Gasteiger partial charge in [-0.25, -0.2) is 0 Å². The summed E-state index contributed by atoms with van der Waals surface area (Å²) in [5.74, 6) is 0.790. The van der Waals surface area contributed by atoms with Crippen LogP contribution < -0.4 is 4.74 Å². The molecule has 0 bridgehead atoms. The van der Waals surface area contributed by atoms with Crippen LogP contribution in [0.1, 0.15) is 11.1 Å². The molecule has 3 aromatic rings. The molecule has 0 aliphatic rings. The molecule has 21 heavy (non-hydrogen) atoms. The van der Waals surface area contributed by atoms with Gasteiger partial charge in [0, 0.05) is 0 Å². The Morgan fingerprint density at radius 3 is 2.48 bits per heavy atom. The van der Waals surface area contributed by atoms with E-state index < -0.39 is 0 Å².